The topological polar surface area (TPSA) is 17.1 Å². The number of hydrogen-bond acceptors (Lipinski definition) is 1. The first-order valence-electron chi connectivity index (χ1n) is 12.0. The van der Waals surface area contributed by atoms with Crippen LogP contribution in [0.15, 0.2) is 48.6 Å². The van der Waals surface area contributed by atoms with Crippen LogP contribution in [0.1, 0.15) is 88.2 Å². The highest BCUT2D eigenvalue weighted by atomic mass is 32.1. The molecule has 0 atom stereocenters. The second kappa shape index (κ2) is 11.4. The summed E-state index contributed by atoms with van der Waals surface area (Å²) in [5.74, 6) is 0.579. The molecular formula is C27H36F2OS. The highest BCUT2D eigenvalue weighted by molar-refractivity contribution is 7.96. The van der Waals surface area contributed by atoms with E-state index in [0.29, 0.717) is 11.5 Å². The first-order valence-corrected chi connectivity index (χ1v) is 12.4. The number of unbranched alkanes of at least 4 members (excludes halogenated alkanes) is 4. The van der Waals surface area contributed by atoms with E-state index in [1.54, 1.807) is 12.2 Å². The highest BCUT2D eigenvalue weighted by Crippen LogP contribution is 2.45. The van der Waals surface area contributed by atoms with Crippen LogP contribution in [0.4, 0.5) is 8.78 Å². The molecule has 0 saturated heterocycles. The minimum atomic E-state index is -2.57. The standard InChI is InChI=1S/C27H36F2OS/c1-2-3-4-5-6-9-20-12-14-21(15-13-20)23-10-7-8-11-24(23)27(26(28)29)18-16-22(17-19-27)25(30)31/h7-8,10-11,16-22,26H,2-6,9,12-15H2,1H3,(H,30,31). The third-order valence-electron chi connectivity index (χ3n) is 7.23. The maximum absolute atomic E-state index is 14.4. The first kappa shape index (κ1) is 24.2. The average molecular weight is 447 g/mol. The van der Waals surface area contributed by atoms with Gasteiger partial charge in [-0.2, -0.15) is 0 Å². The fraction of sp³-hybridized carbons (Fsp3) is 0.593. The van der Waals surface area contributed by atoms with Crippen molar-refractivity contribution in [3.05, 3.63) is 59.7 Å². The van der Waals surface area contributed by atoms with Gasteiger partial charge in [-0.25, -0.2) is 8.78 Å². The van der Waals surface area contributed by atoms with Crippen molar-refractivity contribution in [2.24, 2.45) is 11.8 Å². The minimum Gasteiger partial charge on any atom is -0.286 e. The molecule has 3 rings (SSSR count). The molecule has 31 heavy (non-hydrogen) atoms. The summed E-state index contributed by atoms with van der Waals surface area (Å²) in [4.78, 5) is 11.6. The number of alkyl halides is 2. The third kappa shape index (κ3) is 5.88. The van der Waals surface area contributed by atoms with E-state index in [-0.39, 0.29) is 5.12 Å². The number of rotatable bonds is 10. The average Bonchev–Trinajstić information content (AvgIpc) is 2.79. The predicted octanol–water partition coefficient (Wildman–Crippen LogP) is 8.02. The van der Waals surface area contributed by atoms with Gasteiger partial charge in [-0.05, 0) is 48.6 Å². The van der Waals surface area contributed by atoms with Crippen LogP contribution in [0.3, 0.4) is 0 Å². The lowest BCUT2D eigenvalue weighted by Gasteiger charge is -2.36. The fourth-order valence-electron chi connectivity index (χ4n) is 5.30. The summed E-state index contributed by atoms with van der Waals surface area (Å²) in [7, 11) is 0. The van der Waals surface area contributed by atoms with Gasteiger partial charge in [0, 0.05) is 0 Å². The minimum absolute atomic E-state index is 0.323. The van der Waals surface area contributed by atoms with Gasteiger partial charge in [-0.15, -0.1) is 12.6 Å². The zero-order chi connectivity index (χ0) is 22.3. The lowest BCUT2D eigenvalue weighted by molar-refractivity contribution is -0.112. The Morgan fingerprint density at radius 2 is 1.68 bits per heavy atom. The molecule has 1 aromatic carbocycles. The zero-order valence-corrected chi connectivity index (χ0v) is 19.5. The van der Waals surface area contributed by atoms with E-state index in [1.807, 2.05) is 24.3 Å². The first-order chi connectivity index (χ1) is 15.0. The van der Waals surface area contributed by atoms with Crippen LogP contribution in [-0.4, -0.2) is 11.5 Å². The van der Waals surface area contributed by atoms with Gasteiger partial charge in [0.25, 0.3) is 6.43 Å². The molecule has 0 bridgehead atoms. The normalized spacial score (nSPS) is 28.2. The summed E-state index contributed by atoms with van der Waals surface area (Å²) in [6.07, 6.45) is 16.1. The Bertz CT molecular complexity index is 763. The molecule has 4 heteroatoms. The van der Waals surface area contributed by atoms with E-state index in [4.69, 9.17) is 0 Å². The molecule has 0 N–H and O–H groups in total. The number of hydrogen-bond donors (Lipinski definition) is 1. The van der Waals surface area contributed by atoms with E-state index in [9.17, 15) is 13.6 Å². The Morgan fingerprint density at radius 1 is 1.03 bits per heavy atom. The smallest absolute Gasteiger partial charge is 0.255 e. The van der Waals surface area contributed by atoms with E-state index in [2.05, 4.69) is 19.6 Å². The second-order valence-corrected chi connectivity index (χ2v) is 9.76. The van der Waals surface area contributed by atoms with Crippen molar-refractivity contribution >= 4 is 17.7 Å². The van der Waals surface area contributed by atoms with Gasteiger partial charge < -0.3 is 0 Å². The quantitative estimate of drug-likeness (QED) is 0.219. The monoisotopic (exact) mass is 446 g/mol. The summed E-state index contributed by atoms with van der Waals surface area (Å²) < 4.78 is 28.8. The van der Waals surface area contributed by atoms with Gasteiger partial charge in [0.2, 0.25) is 0 Å². The maximum atomic E-state index is 14.4. The number of benzene rings is 1. The number of thiol groups is 1. The molecule has 170 valence electrons. The third-order valence-corrected chi connectivity index (χ3v) is 7.53. The molecule has 0 amide bonds. The van der Waals surface area contributed by atoms with Crippen molar-refractivity contribution in [3.8, 4) is 0 Å². The van der Waals surface area contributed by atoms with Crippen molar-refractivity contribution in [2.45, 2.75) is 88.9 Å². The summed E-state index contributed by atoms with van der Waals surface area (Å²) >= 11 is 3.86. The molecule has 2 aliphatic carbocycles. The fourth-order valence-corrected chi connectivity index (χ4v) is 5.47. The van der Waals surface area contributed by atoms with E-state index < -0.39 is 17.8 Å². The van der Waals surface area contributed by atoms with Crippen LogP contribution in [0.5, 0.6) is 0 Å². The summed E-state index contributed by atoms with van der Waals surface area (Å²) in [5.41, 5.74) is 0.270. The predicted molar refractivity (Wildman–Crippen MR) is 128 cm³/mol. The van der Waals surface area contributed by atoms with Crippen LogP contribution in [0.2, 0.25) is 0 Å². The Balaban J connectivity index is 1.70. The highest BCUT2D eigenvalue weighted by Gasteiger charge is 2.41. The summed E-state index contributed by atoms with van der Waals surface area (Å²) in [6.45, 7) is 2.24. The number of halogens is 2. The second-order valence-electron chi connectivity index (χ2n) is 9.32. The van der Waals surface area contributed by atoms with Gasteiger partial charge in [0.1, 0.15) is 0 Å². The van der Waals surface area contributed by atoms with Gasteiger partial charge in [-0.1, -0.05) is 94.0 Å². The Kier molecular flexibility index (Phi) is 8.95. The molecular weight excluding hydrogens is 410 g/mol. The van der Waals surface area contributed by atoms with Gasteiger partial charge in [-0.3, -0.25) is 4.79 Å². The molecule has 0 spiro atoms. The van der Waals surface area contributed by atoms with Crippen molar-refractivity contribution in [3.63, 3.8) is 0 Å². The van der Waals surface area contributed by atoms with Crippen molar-refractivity contribution in [2.75, 3.05) is 0 Å². The van der Waals surface area contributed by atoms with Crippen molar-refractivity contribution < 1.29 is 13.6 Å². The van der Waals surface area contributed by atoms with Crippen LogP contribution in [0.25, 0.3) is 0 Å². The SMILES string of the molecule is CCCCCCCC1CCC(c2ccccc2C2(C(F)F)C=CC(C(=O)S)C=C2)CC1. The van der Waals surface area contributed by atoms with E-state index in [1.165, 1.54) is 63.5 Å². The molecule has 0 heterocycles. The lowest BCUT2D eigenvalue weighted by atomic mass is 9.69. The number of carbonyl (C=O) groups is 1. The van der Waals surface area contributed by atoms with Gasteiger partial charge >= 0.3 is 0 Å². The molecule has 0 unspecified atom stereocenters. The molecule has 0 aromatic heterocycles. The maximum Gasteiger partial charge on any atom is 0.255 e. The van der Waals surface area contributed by atoms with Crippen LogP contribution >= 0.6 is 12.6 Å². The van der Waals surface area contributed by atoms with E-state index >= 15 is 0 Å². The number of allylic oxidation sites excluding steroid dienone is 4. The lowest BCUT2D eigenvalue weighted by Crippen LogP contribution is -2.34. The Hall–Kier alpha value is -1.42. The van der Waals surface area contributed by atoms with Crippen LogP contribution < -0.4 is 0 Å². The van der Waals surface area contributed by atoms with Crippen LogP contribution in [-0.2, 0) is 10.2 Å². The molecule has 1 nitrogen and oxygen atoms in total. The Labute approximate surface area is 191 Å². The zero-order valence-electron chi connectivity index (χ0n) is 18.6. The molecule has 0 radical (unpaired) electrons. The Morgan fingerprint density at radius 3 is 2.29 bits per heavy atom. The molecule has 1 aromatic rings. The van der Waals surface area contributed by atoms with Crippen molar-refractivity contribution in [1.82, 2.24) is 0 Å². The van der Waals surface area contributed by atoms with Crippen molar-refractivity contribution in [1.29, 1.82) is 0 Å². The van der Waals surface area contributed by atoms with Gasteiger partial charge in [0.05, 0.1) is 11.3 Å². The van der Waals surface area contributed by atoms with Crippen LogP contribution in [0, 0.1) is 11.8 Å². The molecule has 2 aliphatic rings. The molecule has 1 saturated carbocycles. The number of carbonyl (C=O) groups excluding carboxylic acids is 1. The van der Waals surface area contributed by atoms with E-state index in [0.717, 1.165) is 24.3 Å². The summed E-state index contributed by atoms with van der Waals surface area (Å²) in [5, 5.41) is -0.323. The molecule has 0 aliphatic heterocycles. The molecule has 1 fully saturated rings. The summed E-state index contributed by atoms with van der Waals surface area (Å²) in [6, 6.07) is 7.70. The largest absolute Gasteiger partial charge is 0.286 e. The van der Waals surface area contributed by atoms with Gasteiger partial charge in [0.15, 0.2) is 5.12 Å².